The highest BCUT2D eigenvalue weighted by molar-refractivity contribution is 5.95. The Labute approximate surface area is 144 Å². The van der Waals surface area contributed by atoms with E-state index in [9.17, 15) is 4.79 Å². The second kappa shape index (κ2) is 6.68. The molecule has 3 nitrogen and oxygen atoms in total. The first-order chi connectivity index (χ1) is 11.5. The van der Waals surface area contributed by atoms with Crippen molar-refractivity contribution >= 4 is 17.3 Å². The summed E-state index contributed by atoms with van der Waals surface area (Å²) in [4.78, 5) is 14.9. The summed E-state index contributed by atoms with van der Waals surface area (Å²) in [5, 5.41) is 3.12. The molecule has 1 N–H and O–H groups in total. The minimum absolute atomic E-state index is 0.0496. The van der Waals surface area contributed by atoms with Gasteiger partial charge in [-0.05, 0) is 63.3 Å². The predicted molar refractivity (Wildman–Crippen MR) is 101 cm³/mol. The fourth-order valence-electron chi connectivity index (χ4n) is 3.71. The van der Waals surface area contributed by atoms with Crippen LogP contribution in [0.1, 0.15) is 35.6 Å². The van der Waals surface area contributed by atoms with E-state index in [4.69, 9.17) is 0 Å². The Kier molecular flexibility index (Phi) is 4.61. The lowest BCUT2D eigenvalue weighted by atomic mass is 9.96. The molecule has 1 heterocycles. The van der Waals surface area contributed by atoms with Gasteiger partial charge >= 0.3 is 0 Å². The summed E-state index contributed by atoms with van der Waals surface area (Å²) in [5.74, 6) is 0.0496. The first-order valence-electron chi connectivity index (χ1n) is 8.68. The molecule has 0 aromatic heterocycles. The summed E-state index contributed by atoms with van der Waals surface area (Å²) in [6, 6.07) is 13.0. The highest BCUT2D eigenvalue weighted by atomic mass is 16.2. The zero-order valence-electron chi connectivity index (χ0n) is 15.0. The van der Waals surface area contributed by atoms with Crippen LogP contribution in [0, 0.1) is 20.8 Å². The summed E-state index contributed by atoms with van der Waals surface area (Å²) in [5.41, 5.74) is 6.95. The van der Waals surface area contributed by atoms with Gasteiger partial charge in [0.1, 0.15) is 0 Å². The minimum Gasteiger partial charge on any atom is -0.359 e. The minimum atomic E-state index is 0.0496. The maximum absolute atomic E-state index is 12.7. The highest BCUT2D eigenvalue weighted by Gasteiger charge is 2.24. The zero-order valence-corrected chi connectivity index (χ0v) is 15.0. The van der Waals surface area contributed by atoms with Crippen molar-refractivity contribution in [2.24, 2.45) is 0 Å². The number of benzene rings is 2. The van der Waals surface area contributed by atoms with Gasteiger partial charge in [0.25, 0.3) is 0 Å². The number of carbonyl (C=O) groups excluding carboxylic acids is 1. The lowest BCUT2D eigenvalue weighted by Gasteiger charge is -2.36. The molecule has 1 aliphatic heterocycles. The van der Waals surface area contributed by atoms with Crippen molar-refractivity contribution in [3.63, 3.8) is 0 Å². The molecule has 3 rings (SSSR count). The van der Waals surface area contributed by atoms with Crippen molar-refractivity contribution in [3.05, 3.63) is 58.7 Å². The van der Waals surface area contributed by atoms with Crippen LogP contribution in [0.3, 0.4) is 0 Å². The fraction of sp³-hybridized carbons (Fsp3) is 0.381. The molecule has 1 aliphatic rings. The number of nitrogens with one attached hydrogen (secondary N) is 1. The third-order valence-electron chi connectivity index (χ3n) is 4.92. The average molecular weight is 322 g/mol. The van der Waals surface area contributed by atoms with Gasteiger partial charge in [-0.25, -0.2) is 0 Å². The normalized spacial score (nSPS) is 16.7. The van der Waals surface area contributed by atoms with E-state index in [0.717, 1.165) is 29.7 Å². The van der Waals surface area contributed by atoms with Crippen molar-refractivity contribution in [2.75, 3.05) is 16.8 Å². The number of anilines is 2. The number of amides is 1. The van der Waals surface area contributed by atoms with Crippen LogP contribution in [0.25, 0.3) is 0 Å². The van der Waals surface area contributed by atoms with Gasteiger partial charge in [-0.2, -0.15) is 0 Å². The van der Waals surface area contributed by atoms with Crippen molar-refractivity contribution in [2.45, 2.75) is 46.6 Å². The molecule has 126 valence electrons. The number of para-hydroxylation sites is 1. The van der Waals surface area contributed by atoms with Crippen LogP contribution in [-0.4, -0.2) is 18.5 Å². The predicted octanol–water partition coefficient (Wildman–Crippen LogP) is 4.39. The molecule has 2 aromatic carbocycles. The molecule has 1 atom stereocenters. The van der Waals surface area contributed by atoms with Gasteiger partial charge in [0, 0.05) is 17.4 Å². The lowest BCUT2D eigenvalue weighted by molar-refractivity contribution is -0.115. The second-order valence-corrected chi connectivity index (χ2v) is 6.97. The maximum atomic E-state index is 12.7. The molecule has 0 aliphatic carbocycles. The third kappa shape index (κ3) is 3.30. The van der Waals surface area contributed by atoms with Crippen molar-refractivity contribution in [1.29, 1.82) is 0 Å². The fourth-order valence-corrected chi connectivity index (χ4v) is 3.71. The summed E-state index contributed by atoms with van der Waals surface area (Å²) < 4.78 is 0. The first-order valence-corrected chi connectivity index (χ1v) is 8.68. The Morgan fingerprint density at radius 1 is 1.17 bits per heavy atom. The largest absolute Gasteiger partial charge is 0.359 e. The number of hydrogen-bond acceptors (Lipinski definition) is 2. The Morgan fingerprint density at radius 2 is 1.83 bits per heavy atom. The Bertz CT molecular complexity index is 743. The number of carbonyl (C=O) groups is 1. The molecule has 0 bridgehead atoms. The molecular formula is C21H26N2O. The quantitative estimate of drug-likeness (QED) is 0.909. The molecule has 0 saturated carbocycles. The molecule has 0 spiro atoms. The Morgan fingerprint density at radius 3 is 2.54 bits per heavy atom. The van der Waals surface area contributed by atoms with Crippen LogP contribution >= 0.6 is 0 Å². The molecular weight excluding hydrogens is 296 g/mol. The van der Waals surface area contributed by atoms with Gasteiger partial charge in [-0.3, -0.25) is 4.79 Å². The molecule has 24 heavy (non-hydrogen) atoms. The highest BCUT2D eigenvalue weighted by Crippen LogP contribution is 2.30. The topological polar surface area (TPSA) is 32.3 Å². The van der Waals surface area contributed by atoms with Gasteiger partial charge in [0.2, 0.25) is 5.91 Å². The summed E-state index contributed by atoms with van der Waals surface area (Å²) in [6.45, 7) is 8.78. The van der Waals surface area contributed by atoms with Crippen molar-refractivity contribution in [3.8, 4) is 0 Å². The van der Waals surface area contributed by atoms with Gasteiger partial charge < -0.3 is 10.2 Å². The SMILES string of the molecule is Cc1cc(C)c(NC(=O)CN2c3ccccc3CC[C@@H]2C)c(C)c1. The Hall–Kier alpha value is -2.29. The summed E-state index contributed by atoms with van der Waals surface area (Å²) >= 11 is 0. The van der Waals surface area contributed by atoms with Gasteiger partial charge in [0.15, 0.2) is 0 Å². The molecule has 0 unspecified atom stereocenters. The lowest BCUT2D eigenvalue weighted by Crippen LogP contribution is -2.42. The van der Waals surface area contributed by atoms with E-state index in [2.05, 4.69) is 74.3 Å². The summed E-state index contributed by atoms with van der Waals surface area (Å²) in [6.07, 6.45) is 2.18. The third-order valence-corrected chi connectivity index (χ3v) is 4.92. The second-order valence-electron chi connectivity index (χ2n) is 6.97. The van der Waals surface area contributed by atoms with Crippen LogP contribution in [-0.2, 0) is 11.2 Å². The number of nitrogens with zero attached hydrogens (tertiary/aromatic N) is 1. The van der Waals surface area contributed by atoms with E-state index in [-0.39, 0.29) is 5.91 Å². The smallest absolute Gasteiger partial charge is 0.243 e. The van der Waals surface area contributed by atoms with Crippen LogP contribution in [0.4, 0.5) is 11.4 Å². The molecule has 1 amide bonds. The average Bonchev–Trinajstić information content (AvgIpc) is 2.53. The van der Waals surface area contributed by atoms with Crippen molar-refractivity contribution < 1.29 is 4.79 Å². The molecule has 0 saturated heterocycles. The van der Waals surface area contributed by atoms with E-state index >= 15 is 0 Å². The van der Waals surface area contributed by atoms with Crippen molar-refractivity contribution in [1.82, 2.24) is 0 Å². The van der Waals surface area contributed by atoms with Gasteiger partial charge in [-0.1, -0.05) is 35.9 Å². The monoisotopic (exact) mass is 322 g/mol. The van der Waals surface area contributed by atoms with E-state index < -0.39 is 0 Å². The molecule has 0 fully saturated rings. The van der Waals surface area contributed by atoms with Crippen LogP contribution < -0.4 is 10.2 Å². The van der Waals surface area contributed by atoms with E-state index in [0.29, 0.717) is 12.6 Å². The Balaban J connectivity index is 1.78. The number of aryl methyl sites for hydroxylation is 4. The molecule has 2 aromatic rings. The standard InChI is InChI=1S/C21H26N2O/c1-14-11-15(2)21(16(3)12-14)22-20(24)13-23-17(4)9-10-18-7-5-6-8-19(18)23/h5-8,11-12,17H,9-10,13H2,1-4H3,(H,22,24)/t17-/m0/s1. The van der Waals surface area contributed by atoms with Gasteiger partial charge in [0.05, 0.1) is 6.54 Å². The molecule has 0 radical (unpaired) electrons. The maximum Gasteiger partial charge on any atom is 0.243 e. The first kappa shape index (κ1) is 16.6. The van der Waals surface area contributed by atoms with Crippen LogP contribution in [0.15, 0.2) is 36.4 Å². The van der Waals surface area contributed by atoms with Crippen LogP contribution in [0.2, 0.25) is 0 Å². The van der Waals surface area contributed by atoms with E-state index in [1.165, 1.54) is 16.8 Å². The van der Waals surface area contributed by atoms with E-state index in [1.807, 2.05) is 0 Å². The van der Waals surface area contributed by atoms with E-state index in [1.54, 1.807) is 0 Å². The zero-order chi connectivity index (χ0) is 17.3. The molecule has 3 heteroatoms. The number of fused-ring (bicyclic) bond motifs is 1. The van der Waals surface area contributed by atoms with Gasteiger partial charge in [-0.15, -0.1) is 0 Å². The van der Waals surface area contributed by atoms with Crippen LogP contribution in [0.5, 0.6) is 0 Å². The summed E-state index contributed by atoms with van der Waals surface area (Å²) in [7, 11) is 0. The number of hydrogen-bond donors (Lipinski definition) is 1. The number of rotatable bonds is 3.